The van der Waals surface area contributed by atoms with Gasteiger partial charge in [0.1, 0.15) is 18.1 Å². The molecule has 0 aliphatic carbocycles. The van der Waals surface area contributed by atoms with Gasteiger partial charge in [-0.3, -0.25) is 18.7 Å². The quantitative estimate of drug-likeness (QED) is 0.211. The Hall–Kier alpha value is -5.07. The summed E-state index contributed by atoms with van der Waals surface area (Å²) < 4.78 is 9.60. The summed E-state index contributed by atoms with van der Waals surface area (Å²) in [6.07, 6.45) is 1.60. The molecule has 0 bridgehead atoms. The molecule has 2 aromatic heterocycles. The maximum Gasteiger partial charge on any atom is 0.333 e. The lowest BCUT2D eigenvalue weighted by Gasteiger charge is -2.34. The van der Waals surface area contributed by atoms with Crippen molar-refractivity contribution in [3.05, 3.63) is 128 Å². The molecule has 1 atom stereocenters. The summed E-state index contributed by atoms with van der Waals surface area (Å²) in [5.41, 5.74) is 3.40. The van der Waals surface area contributed by atoms with E-state index in [4.69, 9.17) is 4.74 Å². The number of ether oxygens (including phenoxy) is 1. The van der Waals surface area contributed by atoms with Crippen LogP contribution in [-0.4, -0.2) is 59.4 Å². The average Bonchev–Trinajstić information content (AvgIpc) is 3.38. The predicted octanol–water partition coefficient (Wildman–Crippen LogP) is 5.29. The van der Waals surface area contributed by atoms with Crippen LogP contribution < -0.4 is 15.7 Å². The molecule has 0 saturated heterocycles. The number of hydrogen-bond acceptors (Lipinski definition) is 7. The number of aryl methyl sites for hydroxylation is 1. The van der Waals surface area contributed by atoms with Gasteiger partial charge in [-0.25, -0.2) is 4.79 Å². The van der Waals surface area contributed by atoms with Crippen molar-refractivity contribution < 1.29 is 19.4 Å². The molecule has 0 spiro atoms. The van der Waals surface area contributed by atoms with Gasteiger partial charge in [-0.15, -0.1) is 0 Å². The first kappa shape index (κ1) is 33.8. The van der Waals surface area contributed by atoms with Crippen molar-refractivity contribution in [2.75, 3.05) is 6.61 Å². The number of carbonyl (C=O) groups excluding carboxylic acids is 2. The second kappa shape index (κ2) is 13.8. The number of rotatable bonds is 9. The minimum atomic E-state index is -1.02. The molecular formula is C37H37BrN6O5. The van der Waals surface area contributed by atoms with E-state index in [1.54, 1.807) is 65.9 Å². The largest absolute Gasteiger partial charge is 0.491 e. The van der Waals surface area contributed by atoms with Crippen molar-refractivity contribution in [2.24, 2.45) is 0 Å². The second-order valence-electron chi connectivity index (χ2n) is 12.8. The van der Waals surface area contributed by atoms with E-state index >= 15 is 0 Å². The number of aromatic nitrogens is 4. The van der Waals surface area contributed by atoms with Gasteiger partial charge < -0.3 is 20.1 Å². The van der Waals surface area contributed by atoms with Gasteiger partial charge in [0.25, 0.3) is 11.8 Å². The fourth-order valence-corrected chi connectivity index (χ4v) is 6.13. The molecule has 49 heavy (non-hydrogen) atoms. The van der Waals surface area contributed by atoms with E-state index in [1.807, 2.05) is 56.3 Å². The molecule has 1 aliphatic heterocycles. The minimum Gasteiger partial charge on any atom is -0.491 e. The average molecular weight is 726 g/mol. The zero-order valence-corrected chi connectivity index (χ0v) is 29.3. The highest BCUT2D eigenvalue weighted by atomic mass is 79.9. The predicted molar refractivity (Wildman–Crippen MR) is 189 cm³/mol. The summed E-state index contributed by atoms with van der Waals surface area (Å²) in [6, 6.07) is 23.2. The topological polar surface area (TPSA) is 132 Å². The Morgan fingerprint density at radius 1 is 1.06 bits per heavy atom. The lowest BCUT2D eigenvalue weighted by molar-refractivity contribution is 0.0285. The Morgan fingerprint density at radius 3 is 2.51 bits per heavy atom. The highest BCUT2D eigenvalue weighted by Crippen LogP contribution is 2.27. The van der Waals surface area contributed by atoms with Crippen molar-refractivity contribution in [3.63, 3.8) is 0 Å². The summed E-state index contributed by atoms with van der Waals surface area (Å²) in [6.45, 7) is 7.63. The SMILES string of the molecule is Cc1cc(C(=O)N2Cc3c(C(=O)NCc4ccccc4-c4cccnn4)n(-c4ccc(OCC(C)(C)O)cc4)c(=O)n3C[C@@H]2C)ccc1Br. The fraction of sp³-hybridized carbons (Fsp3) is 0.270. The molecule has 0 fully saturated rings. The van der Waals surface area contributed by atoms with Crippen LogP contribution in [0.5, 0.6) is 5.75 Å². The molecule has 3 heterocycles. The molecule has 11 nitrogen and oxygen atoms in total. The highest BCUT2D eigenvalue weighted by Gasteiger charge is 2.35. The second-order valence-corrected chi connectivity index (χ2v) is 13.7. The van der Waals surface area contributed by atoms with Crippen LogP contribution in [-0.2, 0) is 19.6 Å². The van der Waals surface area contributed by atoms with Crippen LogP contribution in [0.3, 0.4) is 0 Å². The molecule has 0 saturated carbocycles. The standard InChI is InChI=1S/C37H37BrN6O5/c1-23-18-25(11-16-30(23)38)35(46)42-21-32-33(34(45)39-19-26-8-5-6-9-29(26)31-10-7-17-40-41-31)44(36(47)43(32)20-24(42)2)27-12-14-28(15-13-27)49-22-37(3,4)48/h5-18,24,48H,19-22H2,1-4H3,(H,39,45)/t24-/m0/s1. The number of nitrogens with zero attached hydrogens (tertiary/aromatic N) is 5. The Bertz CT molecular complexity index is 2070. The number of carbonyl (C=O) groups is 2. The maximum absolute atomic E-state index is 14.3. The Morgan fingerprint density at radius 2 is 1.82 bits per heavy atom. The van der Waals surface area contributed by atoms with Gasteiger partial charge in [0.05, 0.1) is 29.2 Å². The number of aliphatic hydroxyl groups is 1. The zero-order valence-electron chi connectivity index (χ0n) is 27.7. The third-order valence-electron chi connectivity index (χ3n) is 8.42. The van der Waals surface area contributed by atoms with Crippen molar-refractivity contribution in [1.82, 2.24) is 29.5 Å². The third kappa shape index (κ3) is 7.20. The molecule has 6 rings (SSSR count). The van der Waals surface area contributed by atoms with E-state index in [1.165, 1.54) is 4.57 Å². The van der Waals surface area contributed by atoms with Crippen LogP contribution in [0, 0.1) is 6.92 Å². The zero-order chi connectivity index (χ0) is 34.9. The molecule has 1 aliphatic rings. The Balaban J connectivity index is 1.38. The number of benzene rings is 3. The number of hydrogen-bond donors (Lipinski definition) is 2. The van der Waals surface area contributed by atoms with Gasteiger partial charge in [0, 0.05) is 40.9 Å². The molecule has 0 unspecified atom stereocenters. The molecule has 12 heteroatoms. The van der Waals surface area contributed by atoms with Crippen molar-refractivity contribution >= 4 is 27.7 Å². The van der Waals surface area contributed by atoms with Crippen LogP contribution in [0.25, 0.3) is 16.9 Å². The monoisotopic (exact) mass is 724 g/mol. The molecule has 252 valence electrons. The van der Waals surface area contributed by atoms with Crippen LogP contribution in [0.1, 0.15) is 58.4 Å². The number of fused-ring (bicyclic) bond motifs is 1. The van der Waals surface area contributed by atoms with E-state index in [9.17, 15) is 19.5 Å². The lowest BCUT2D eigenvalue weighted by Crippen LogP contribution is -2.47. The summed E-state index contributed by atoms with van der Waals surface area (Å²) in [7, 11) is 0. The third-order valence-corrected chi connectivity index (χ3v) is 9.31. The lowest BCUT2D eigenvalue weighted by atomic mass is 10.0. The van der Waals surface area contributed by atoms with Gasteiger partial charge in [-0.1, -0.05) is 40.2 Å². The molecule has 3 aromatic carbocycles. The molecule has 0 radical (unpaired) electrons. The summed E-state index contributed by atoms with van der Waals surface area (Å²) in [5, 5.41) is 21.3. The number of nitrogens with one attached hydrogen (secondary N) is 1. The first-order valence-electron chi connectivity index (χ1n) is 15.9. The molecule has 2 amide bonds. The first-order chi connectivity index (χ1) is 23.4. The van der Waals surface area contributed by atoms with Gasteiger partial charge in [0.15, 0.2) is 0 Å². The highest BCUT2D eigenvalue weighted by molar-refractivity contribution is 9.10. The van der Waals surface area contributed by atoms with Gasteiger partial charge in [0.2, 0.25) is 0 Å². The normalized spacial score (nSPS) is 14.3. The Labute approximate surface area is 292 Å². The van der Waals surface area contributed by atoms with Crippen LogP contribution in [0.4, 0.5) is 0 Å². The minimum absolute atomic E-state index is 0.0586. The molecule has 2 N–H and O–H groups in total. The smallest absolute Gasteiger partial charge is 0.333 e. The van der Waals surface area contributed by atoms with E-state index in [-0.39, 0.29) is 49.6 Å². The van der Waals surface area contributed by atoms with Crippen LogP contribution >= 0.6 is 15.9 Å². The summed E-state index contributed by atoms with van der Waals surface area (Å²) >= 11 is 3.50. The number of amides is 2. The maximum atomic E-state index is 14.3. The van der Waals surface area contributed by atoms with Crippen LogP contribution in [0.15, 0.2) is 94.3 Å². The van der Waals surface area contributed by atoms with Crippen molar-refractivity contribution in [3.8, 4) is 22.7 Å². The summed E-state index contributed by atoms with van der Waals surface area (Å²) in [5.74, 6) is -0.152. The van der Waals surface area contributed by atoms with Crippen LogP contribution in [0.2, 0.25) is 0 Å². The fourth-order valence-electron chi connectivity index (χ4n) is 5.88. The van der Waals surface area contributed by atoms with E-state index in [0.29, 0.717) is 28.4 Å². The van der Waals surface area contributed by atoms with E-state index < -0.39 is 11.5 Å². The molecule has 5 aromatic rings. The molecular weight excluding hydrogens is 688 g/mol. The summed E-state index contributed by atoms with van der Waals surface area (Å²) in [4.78, 5) is 43.9. The van der Waals surface area contributed by atoms with E-state index in [0.717, 1.165) is 21.2 Å². The first-order valence-corrected chi connectivity index (χ1v) is 16.7. The Kier molecular flexibility index (Phi) is 9.53. The van der Waals surface area contributed by atoms with Crippen molar-refractivity contribution in [1.29, 1.82) is 0 Å². The van der Waals surface area contributed by atoms with Gasteiger partial charge in [-0.2, -0.15) is 10.2 Å². The number of imidazole rings is 1. The van der Waals surface area contributed by atoms with Gasteiger partial charge in [-0.05, 0) is 93.4 Å². The van der Waals surface area contributed by atoms with Crippen molar-refractivity contribution in [2.45, 2.75) is 59.0 Å². The van der Waals surface area contributed by atoms with Gasteiger partial charge >= 0.3 is 5.69 Å². The van der Waals surface area contributed by atoms with E-state index in [2.05, 4.69) is 31.4 Å². The number of halogens is 1.